The topological polar surface area (TPSA) is 113 Å². The number of halogens is 1. The Kier molecular flexibility index (Phi) is 8.46. The number of thiazole rings is 1. The second kappa shape index (κ2) is 11.6. The van der Waals surface area contributed by atoms with E-state index in [1.165, 1.54) is 23.5 Å². The van der Waals surface area contributed by atoms with E-state index in [1.54, 1.807) is 48.5 Å². The van der Waals surface area contributed by atoms with Crippen molar-refractivity contribution in [2.75, 3.05) is 11.6 Å². The fourth-order valence-electron chi connectivity index (χ4n) is 4.31. The summed E-state index contributed by atoms with van der Waals surface area (Å²) in [6.07, 6.45) is 2.11. The van der Waals surface area contributed by atoms with E-state index in [1.807, 2.05) is 13.8 Å². The number of carbonyl (C=O) groups is 2. The number of sulfone groups is 1. The van der Waals surface area contributed by atoms with Crippen molar-refractivity contribution >= 4 is 54.0 Å². The summed E-state index contributed by atoms with van der Waals surface area (Å²) in [6, 6.07) is 16.2. The molecule has 0 bridgehead atoms. The van der Waals surface area contributed by atoms with Gasteiger partial charge in [0.2, 0.25) is 0 Å². The first-order valence-corrected chi connectivity index (χ1v) is 15.1. The van der Waals surface area contributed by atoms with Gasteiger partial charge in [0.1, 0.15) is 5.82 Å². The quantitative estimate of drug-likeness (QED) is 0.188. The largest absolute Gasteiger partial charge is 0.481 e. The van der Waals surface area contributed by atoms with E-state index >= 15 is 0 Å². The van der Waals surface area contributed by atoms with Crippen LogP contribution in [0.15, 0.2) is 65.6 Å². The molecule has 0 aliphatic heterocycles. The molecule has 7 nitrogen and oxygen atoms in total. The SMILES string of the molecule is CC(C)CC(CCC(=O)c1ccc(-c2ccc(Nc3nc4ccc(S(C)(=O)=O)cc4s3)c(F)c2)cc1)C(=O)O. The molecule has 1 heterocycles. The number of aliphatic carboxylic acids is 1. The van der Waals surface area contributed by atoms with Gasteiger partial charge >= 0.3 is 5.97 Å². The van der Waals surface area contributed by atoms with Crippen LogP contribution < -0.4 is 5.32 Å². The van der Waals surface area contributed by atoms with Gasteiger partial charge in [-0.1, -0.05) is 55.5 Å². The van der Waals surface area contributed by atoms with Crippen molar-refractivity contribution in [1.82, 2.24) is 4.98 Å². The number of Topliss-reactive ketones (excluding diaryl/α,β-unsaturated/α-hetero) is 1. The third kappa shape index (κ3) is 7.07. The smallest absolute Gasteiger partial charge is 0.306 e. The first-order valence-electron chi connectivity index (χ1n) is 12.4. The molecule has 4 rings (SSSR count). The van der Waals surface area contributed by atoms with Gasteiger partial charge in [0.25, 0.3) is 0 Å². The van der Waals surface area contributed by atoms with Crippen LogP contribution in [0, 0.1) is 17.7 Å². The van der Waals surface area contributed by atoms with E-state index in [9.17, 15) is 27.5 Å². The Labute approximate surface area is 230 Å². The highest BCUT2D eigenvalue weighted by molar-refractivity contribution is 7.90. The zero-order valence-electron chi connectivity index (χ0n) is 21.8. The molecule has 4 aromatic rings. The van der Waals surface area contributed by atoms with E-state index in [0.29, 0.717) is 39.3 Å². The molecule has 0 fully saturated rings. The highest BCUT2D eigenvalue weighted by Crippen LogP contribution is 2.32. The van der Waals surface area contributed by atoms with Crippen molar-refractivity contribution in [2.24, 2.45) is 11.8 Å². The van der Waals surface area contributed by atoms with Crippen LogP contribution in [-0.4, -0.2) is 36.5 Å². The molecule has 1 atom stereocenters. The molecule has 0 aliphatic carbocycles. The molecule has 10 heteroatoms. The fraction of sp³-hybridized carbons (Fsp3) is 0.276. The molecule has 0 radical (unpaired) electrons. The summed E-state index contributed by atoms with van der Waals surface area (Å²) in [4.78, 5) is 28.7. The Balaban J connectivity index is 1.44. The number of aromatic nitrogens is 1. The second-order valence-electron chi connectivity index (χ2n) is 9.94. The van der Waals surface area contributed by atoms with Crippen molar-refractivity contribution < 1.29 is 27.5 Å². The van der Waals surface area contributed by atoms with Crippen LogP contribution in [0.3, 0.4) is 0 Å². The Morgan fingerprint density at radius 2 is 1.72 bits per heavy atom. The van der Waals surface area contributed by atoms with E-state index in [4.69, 9.17) is 0 Å². The van der Waals surface area contributed by atoms with Crippen molar-refractivity contribution in [3.05, 3.63) is 72.0 Å². The lowest BCUT2D eigenvalue weighted by Gasteiger charge is -2.14. The molecule has 3 aromatic carbocycles. The maximum Gasteiger partial charge on any atom is 0.306 e. The van der Waals surface area contributed by atoms with E-state index in [-0.39, 0.29) is 28.7 Å². The monoisotopic (exact) mass is 568 g/mol. The zero-order chi connectivity index (χ0) is 28.3. The van der Waals surface area contributed by atoms with Gasteiger partial charge in [0.05, 0.1) is 26.7 Å². The summed E-state index contributed by atoms with van der Waals surface area (Å²) in [5.74, 6) is -1.80. The summed E-state index contributed by atoms with van der Waals surface area (Å²) in [5, 5.41) is 12.8. The van der Waals surface area contributed by atoms with Crippen LogP contribution in [0.25, 0.3) is 21.3 Å². The van der Waals surface area contributed by atoms with Gasteiger partial charge in [-0.05, 0) is 60.2 Å². The maximum atomic E-state index is 15.0. The highest BCUT2D eigenvalue weighted by Gasteiger charge is 2.20. The number of carboxylic acid groups (broad SMARTS) is 1. The second-order valence-corrected chi connectivity index (χ2v) is 13.0. The van der Waals surface area contributed by atoms with E-state index in [0.717, 1.165) is 11.8 Å². The number of fused-ring (bicyclic) bond motifs is 1. The van der Waals surface area contributed by atoms with Crippen LogP contribution in [0.2, 0.25) is 0 Å². The third-order valence-corrected chi connectivity index (χ3v) is 8.41. The number of hydrogen-bond donors (Lipinski definition) is 2. The van der Waals surface area contributed by atoms with Crippen LogP contribution in [-0.2, 0) is 14.6 Å². The number of nitrogens with one attached hydrogen (secondary N) is 1. The number of carboxylic acids is 1. The number of carbonyl (C=O) groups excluding carboxylic acids is 1. The van der Waals surface area contributed by atoms with Crippen LogP contribution in [0.5, 0.6) is 0 Å². The molecule has 0 spiro atoms. The van der Waals surface area contributed by atoms with Crippen molar-refractivity contribution in [3.63, 3.8) is 0 Å². The summed E-state index contributed by atoms with van der Waals surface area (Å²) in [5.41, 5.74) is 2.68. The van der Waals surface area contributed by atoms with Crippen LogP contribution >= 0.6 is 11.3 Å². The molecule has 0 amide bonds. The van der Waals surface area contributed by atoms with Crippen molar-refractivity contribution in [2.45, 2.75) is 38.0 Å². The average molecular weight is 569 g/mol. The molecule has 204 valence electrons. The fourth-order valence-corrected chi connectivity index (χ4v) is 5.95. The van der Waals surface area contributed by atoms with E-state index < -0.39 is 27.5 Å². The molecular weight excluding hydrogens is 539 g/mol. The number of rotatable bonds is 11. The van der Waals surface area contributed by atoms with Gasteiger partial charge in [0.15, 0.2) is 20.8 Å². The number of anilines is 2. The molecular formula is C29H29FN2O5S2. The summed E-state index contributed by atoms with van der Waals surface area (Å²) in [7, 11) is -3.34. The summed E-state index contributed by atoms with van der Waals surface area (Å²) < 4.78 is 39.3. The number of ketones is 1. The van der Waals surface area contributed by atoms with Gasteiger partial charge in [-0.3, -0.25) is 9.59 Å². The van der Waals surface area contributed by atoms with E-state index in [2.05, 4.69) is 10.3 Å². The molecule has 0 aliphatic rings. The minimum absolute atomic E-state index is 0.123. The Hall–Kier alpha value is -3.63. The molecule has 39 heavy (non-hydrogen) atoms. The lowest BCUT2D eigenvalue weighted by molar-refractivity contribution is -0.142. The average Bonchev–Trinajstić information content (AvgIpc) is 3.28. The Morgan fingerprint density at radius 3 is 2.33 bits per heavy atom. The molecule has 1 unspecified atom stereocenters. The van der Waals surface area contributed by atoms with Gasteiger partial charge < -0.3 is 10.4 Å². The number of hydrogen-bond acceptors (Lipinski definition) is 7. The first kappa shape index (κ1) is 28.4. The normalized spacial score (nSPS) is 12.5. The minimum atomic E-state index is -3.34. The molecule has 2 N–H and O–H groups in total. The predicted octanol–water partition coefficient (Wildman–Crippen LogP) is 6.96. The van der Waals surface area contributed by atoms with Gasteiger partial charge in [-0.25, -0.2) is 17.8 Å². The maximum absolute atomic E-state index is 15.0. The third-order valence-electron chi connectivity index (χ3n) is 6.36. The van der Waals surface area contributed by atoms with Crippen LogP contribution in [0.4, 0.5) is 15.2 Å². The van der Waals surface area contributed by atoms with Crippen molar-refractivity contribution in [1.29, 1.82) is 0 Å². The first-order chi connectivity index (χ1) is 18.4. The highest BCUT2D eigenvalue weighted by atomic mass is 32.2. The van der Waals surface area contributed by atoms with Gasteiger partial charge in [-0.15, -0.1) is 0 Å². The lowest BCUT2D eigenvalue weighted by Crippen LogP contribution is -2.17. The number of nitrogens with zero attached hydrogens (tertiary/aromatic N) is 1. The predicted molar refractivity (Wildman–Crippen MR) is 152 cm³/mol. The molecule has 0 saturated carbocycles. The van der Waals surface area contributed by atoms with Crippen molar-refractivity contribution in [3.8, 4) is 11.1 Å². The van der Waals surface area contributed by atoms with Crippen LogP contribution in [0.1, 0.15) is 43.5 Å². The summed E-state index contributed by atoms with van der Waals surface area (Å²) >= 11 is 1.23. The summed E-state index contributed by atoms with van der Waals surface area (Å²) in [6.45, 7) is 3.92. The standard InChI is InChI=1S/C29H29FN2O5S2/c1-17(2)14-21(28(34)35)9-13-26(33)19-6-4-18(5-7-19)20-8-11-24(23(30)15-20)31-29-32-25-12-10-22(39(3,36)37)16-27(25)38-29/h4-8,10-12,15-17,21H,9,13-14H2,1-3H3,(H,31,32)(H,34,35). The molecule has 1 aromatic heterocycles. The Morgan fingerprint density at radius 1 is 1.03 bits per heavy atom. The van der Waals surface area contributed by atoms with Gasteiger partial charge in [0, 0.05) is 18.2 Å². The number of benzene rings is 3. The Bertz CT molecular complexity index is 1630. The molecule has 0 saturated heterocycles. The lowest BCUT2D eigenvalue weighted by atomic mass is 9.91. The zero-order valence-corrected chi connectivity index (χ0v) is 23.4. The van der Waals surface area contributed by atoms with Gasteiger partial charge in [-0.2, -0.15) is 0 Å². The minimum Gasteiger partial charge on any atom is -0.481 e.